The van der Waals surface area contributed by atoms with E-state index in [0.717, 1.165) is 16.7 Å². The van der Waals surface area contributed by atoms with Crippen molar-refractivity contribution in [2.45, 2.75) is 60.0 Å². The van der Waals surface area contributed by atoms with Crippen LogP contribution in [0.1, 0.15) is 62.5 Å². The number of allylic oxidation sites excluding steroid dienone is 4. The summed E-state index contributed by atoms with van der Waals surface area (Å²) < 4.78 is 0. The Morgan fingerprint density at radius 2 is 1.46 bits per heavy atom. The summed E-state index contributed by atoms with van der Waals surface area (Å²) in [5, 5.41) is 30.0. The van der Waals surface area contributed by atoms with E-state index in [4.69, 9.17) is 0 Å². The van der Waals surface area contributed by atoms with E-state index in [1.165, 1.54) is 12.1 Å². The smallest absolute Gasteiger partial charge is 0.335 e. The van der Waals surface area contributed by atoms with Crippen LogP contribution in [-0.4, -0.2) is 27.4 Å². The Bertz CT molecular complexity index is 731. The first-order valence-electron chi connectivity index (χ1n) is 8.81. The van der Waals surface area contributed by atoms with Crippen molar-refractivity contribution in [3.05, 3.63) is 63.8 Å². The van der Waals surface area contributed by atoms with Crippen LogP contribution in [0.4, 0.5) is 0 Å². The van der Waals surface area contributed by atoms with Gasteiger partial charge in [-0.3, -0.25) is 0 Å². The van der Waals surface area contributed by atoms with Crippen LogP contribution in [0.3, 0.4) is 0 Å². The highest BCUT2D eigenvalue weighted by molar-refractivity contribution is 5.88. The molecule has 26 heavy (non-hydrogen) atoms. The Labute approximate surface area is 156 Å². The summed E-state index contributed by atoms with van der Waals surface area (Å²) in [7, 11) is 0. The van der Waals surface area contributed by atoms with E-state index < -0.39 is 12.1 Å². The number of aliphatic hydroxyl groups excluding tert-OH is 1. The van der Waals surface area contributed by atoms with Crippen molar-refractivity contribution >= 4 is 5.97 Å². The topological polar surface area (TPSA) is 77.8 Å². The second-order valence-corrected chi connectivity index (χ2v) is 7.12. The summed E-state index contributed by atoms with van der Waals surface area (Å²) in [6.07, 6.45) is 6.57. The zero-order chi connectivity index (χ0) is 19.9. The molecule has 4 nitrogen and oxygen atoms in total. The number of rotatable bonds is 8. The molecule has 0 bridgehead atoms. The Morgan fingerprint density at radius 3 is 1.92 bits per heavy atom. The first-order chi connectivity index (χ1) is 12.1. The molecule has 0 aliphatic heterocycles. The van der Waals surface area contributed by atoms with Gasteiger partial charge in [0.15, 0.2) is 0 Å². The average Bonchev–Trinajstić information content (AvgIpc) is 2.56. The van der Waals surface area contributed by atoms with Gasteiger partial charge in [0.1, 0.15) is 5.75 Å². The number of hydrogen-bond donors (Lipinski definition) is 3. The predicted molar refractivity (Wildman–Crippen MR) is 106 cm³/mol. The summed E-state index contributed by atoms with van der Waals surface area (Å²) in [6, 6.07) is 3.01. The summed E-state index contributed by atoms with van der Waals surface area (Å²) in [4.78, 5) is 11.4. The lowest BCUT2D eigenvalue weighted by Gasteiger charge is -2.12. The monoisotopic (exact) mass is 358 g/mol. The van der Waals surface area contributed by atoms with Gasteiger partial charge in [-0.1, -0.05) is 29.4 Å². The lowest BCUT2D eigenvalue weighted by atomic mass is 9.97. The van der Waals surface area contributed by atoms with Crippen molar-refractivity contribution in [3.8, 4) is 5.75 Å². The molecule has 0 saturated heterocycles. The van der Waals surface area contributed by atoms with Crippen LogP contribution < -0.4 is 0 Å². The third kappa shape index (κ3) is 6.89. The van der Waals surface area contributed by atoms with Crippen LogP contribution in [0.5, 0.6) is 5.75 Å². The zero-order valence-corrected chi connectivity index (χ0v) is 16.3. The van der Waals surface area contributed by atoms with Crippen LogP contribution in [0.25, 0.3) is 0 Å². The van der Waals surface area contributed by atoms with Gasteiger partial charge in [-0.25, -0.2) is 4.79 Å². The van der Waals surface area contributed by atoms with Crippen LogP contribution in [-0.2, 0) is 12.8 Å². The molecule has 0 radical (unpaired) electrons. The Kier molecular flexibility index (Phi) is 8.33. The molecule has 0 aromatic heterocycles. The third-order valence-electron chi connectivity index (χ3n) is 4.16. The molecular weight excluding hydrogens is 328 g/mol. The second kappa shape index (κ2) is 9.97. The maximum Gasteiger partial charge on any atom is 0.335 e. The molecule has 0 saturated carbocycles. The van der Waals surface area contributed by atoms with Gasteiger partial charge in [0.25, 0.3) is 0 Å². The van der Waals surface area contributed by atoms with Crippen LogP contribution in [0, 0.1) is 0 Å². The number of aliphatic hydroxyl groups is 1. The van der Waals surface area contributed by atoms with E-state index in [1.807, 2.05) is 52.8 Å². The summed E-state index contributed by atoms with van der Waals surface area (Å²) in [5.41, 5.74) is 4.35. The van der Waals surface area contributed by atoms with E-state index >= 15 is 0 Å². The lowest BCUT2D eigenvalue weighted by Crippen LogP contribution is -2.07. The molecule has 0 amide bonds. The fourth-order valence-electron chi connectivity index (χ4n) is 2.45. The van der Waals surface area contributed by atoms with Gasteiger partial charge in [-0.05, 0) is 82.7 Å². The van der Waals surface area contributed by atoms with Gasteiger partial charge in [0, 0.05) is 0 Å². The number of aromatic hydroxyl groups is 1. The van der Waals surface area contributed by atoms with Crippen LogP contribution >= 0.6 is 0 Å². The van der Waals surface area contributed by atoms with Crippen molar-refractivity contribution in [3.63, 3.8) is 0 Å². The standard InChI is InChI=1S/C22H30O4/c1-14(2)6-9-17-12-19(22(25)26)13-18(21(17)24)10-8-16(5)20(23)11-7-15(3)4/h6-8,12-13,20,23-24H,9-11H2,1-5H3,(H,25,26)/b16-8+. The van der Waals surface area contributed by atoms with Crippen molar-refractivity contribution < 1.29 is 20.1 Å². The predicted octanol–water partition coefficient (Wildman–Crippen LogP) is 4.81. The number of carbonyl (C=O) groups is 1. The van der Waals surface area contributed by atoms with Crippen molar-refractivity contribution in [1.82, 2.24) is 0 Å². The highest BCUT2D eigenvalue weighted by atomic mass is 16.4. The van der Waals surface area contributed by atoms with Gasteiger partial charge < -0.3 is 15.3 Å². The fraction of sp³-hybridized carbons (Fsp3) is 0.409. The van der Waals surface area contributed by atoms with E-state index in [1.54, 1.807) is 0 Å². The lowest BCUT2D eigenvalue weighted by molar-refractivity contribution is 0.0696. The third-order valence-corrected chi connectivity index (χ3v) is 4.16. The Morgan fingerprint density at radius 1 is 0.962 bits per heavy atom. The molecule has 142 valence electrons. The van der Waals surface area contributed by atoms with Gasteiger partial charge in [-0.15, -0.1) is 0 Å². The molecule has 1 aromatic rings. The van der Waals surface area contributed by atoms with E-state index in [-0.39, 0.29) is 11.3 Å². The first-order valence-corrected chi connectivity index (χ1v) is 8.81. The highest BCUT2D eigenvalue weighted by Crippen LogP contribution is 2.27. The van der Waals surface area contributed by atoms with Gasteiger partial charge >= 0.3 is 5.97 Å². The molecule has 0 aliphatic rings. The van der Waals surface area contributed by atoms with Gasteiger partial charge in [0.05, 0.1) is 11.7 Å². The number of benzene rings is 1. The molecular formula is C22H30O4. The van der Waals surface area contributed by atoms with Gasteiger partial charge in [0.2, 0.25) is 0 Å². The minimum atomic E-state index is -1.02. The second-order valence-electron chi connectivity index (χ2n) is 7.12. The molecule has 1 aromatic carbocycles. The first kappa shape index (κ1) is 21.7. The molecule has 1 unspecified atom stereocenters. The largest absolute Gasteiger partial charge is 0.507 e. The number of phenolic OH excluding ortho intramolecular Hbond substituents is 1. The number of phenols is 1. The number of carboxylic acids is 1. The minimum absolute atomic E-state index is 0.121. The van der Waals surface area contributed by atoms with Crippen LogP contribution in [0.15, 0.2) is 47.1 Å². The molecule has 1 rings (SSSR count). The maximum atomic E-state index is 11.4. The molecule has 0 heterocycles. The normalized spacial score (nSPS) is 12.5. The van der Waals surface area contributed by atoms with Crippen molar-refractivity contribution in [1.29, 1.82) is 0 Å². The minimum Gasteiger partial charge on any atom is -0.507 e. The average molecular weight is 358 g/mol. The molecule has 1 atom stereocenters. The SMILES string of the molecule is CC(C)=CCc1cc(C(=O)O)cc(C/C=C(\C)C(O)CC=C(C)C)c1O. The molecule has 0 aliphatic carbocycles. The van der Waals surface area contributed by atoms with E-state index in [2.05, 4.69) is 0 Å². The molecule has 4 heteroatoms. The number of hydrogen-bond acceptors (Lipinski definition) is 3. The Hall–Kier alpha value is -2.33. The summed E-state index contributed by atoms with van der Waals surface area (Å²) in [5.74, 6) is -0.899. The van der Waals surface area contributed by atoms with Crippen molar-refractivity contribution in [2.75, 3.05) is 0 Å². The van der Waals surface area contributed by atoms with Crippen LogP contribution in [0.2, 0.25) is 0 Å². The van der Waals surface area contributed by atoms with E-state index in [0.29, 0.717) is 30.4 Å². The summed E-state index contributed by atoms with van der Waals surface area (Å²) in [6.45, 7) is 9.72. The quantitative estimate of drug-likeness (QED) is 0.583. The maximum absolute atomic E-state index is 11.4. The number of aromatic carboxylic acids is 1. The zero-order valence-electron chi connectivity index (χ0n) is 16.3. The van der Waals surface area contributed by atoms with E-state index in [9.17, 15) is 20.1 Å². The highest BCUT2D eigenvalue weighted by Gasteiger charge is 2.13. The van der Waals surface area contributed by atoms with Gasteiger partial charge in [-0.2, -0.15) is 0 Å². The molecule has 3 N–H and O–H groups in total. The molecule has 0 fully saturated rings. The Balaban J connectivity index is 3.10. The number of carboxylic acid groups (broad SMARTS) is 1. The summed E-state index contributed by atoms with van der Waals surface area (Å²) >= 11 is 0. The fourth-order valence-corrected chi connectivity index (χ4v) is 2.45. The van der Waals surface area contributed by atoms with Crippen molar-refractivity contribution in [2.24, 2.45) is 0 Å². The molecule has 0 spiro atoms.